The van der Waals surface area contributed by atoms with Gasteiger partial charge in [0, 0.05) is 40.7 Å². The number of nitriles is 1. The van der Waals surface area contributed by atoms with Gasteiger partial charge < -0.3 is 18.0 Å². The number of ether oxygens (including phenoxy) is 1. The van der Waals surface area contributed by atoms with E-state index in [0.29, 0.717) is 12.5 Å². The Morgan fingerprint density at radius 2 is 1.81 bits per heavy atom. The summed E-state index contributed by atoms with van der Waals surface area (Å²) in [5, 5.41) is 8.76. The van der Waals surface area contributed by atoms with Crippen molar-refractivity contribution < 1.29 is 22.8 Å². The molecule has 0 heterocycles. The molecule has 0 saturated heterocycles. The Bertz CT molecular complexity index is 253. The maximum absolute atomic E-state index is 10.7. The molecule has 0 radical (unpaired) electrons. The third-order valence-electron chi connectivity index (χ3n) is 2.10. The zero-order valence-electron chi connectivity index (χ0n) is 9.98. The Morgan fingerprint density at radius 3 is 2.12 bits per heavy atom. The molecule has 16 heavy (non-hydrogen) atoms. The molecule has 0 aliphatic rings. The second-order valence-corrected chi connectivity index (χ2v) is 6.15. The van der Waals surface area contributed by atoms with Gasteiger partial charge in [-0.15, -0.1) is 0 Å². The van der Waals surface area contributed by atoms with E-state index in [9.17, 15) is 4.79 Å². The van der Waals surface area contributed by atoms with Gasteiger partial charge in [-0.05, 0) is 0 Å². The van der Waals surface area contributed by atoms with E-state index in [1.165, 1.54) is 28.3 Å². The molecule has 1 atom stereocenters. The van der Waals surface area contributed by atoms with Gasteiger partial charge >= 0.3 is 14.8 Å². The lowest BCUT2D eigenvalue weighted by Gasteiger charge is -2.24. The number of carbonyl (C=O) groups excluding carboxylic acids is 1. The van der Waals surface area contributed by atoms with Crippen LogP contribution in [0.1, 0.15) is 13.3 Å². The highest BCUT2D eigenvalue weighted by Crippen LogP contribution is 2.17. The van der Waals surface area contributed by atoms with Crippen molar-refractivity contribution in [1.82, 2.24) is 0 Å². The molecule has 0 amide bonds. The minimum Gasteiger partial charge on any atom is -0.447 e. The molecule has 0 fully saturated rings. The molecule has 0 aromatic rings. The van der Waals surface area contributed by atoms with Crippen molar-refractivity contribution in [2.24, 2.45) is 0 Å². The van der Waals surface area contributed by atoms with E-state index in [-0.39, 0.29) is 0 Å². The molecule has 0 aromatic heterocycles. The summed E-state index contributed by atoms with van der Waals surface area (Å²) in [6.45, 7) is 1.26. The number of carbonyl (C=O) groups is 1. The first-order valence-corrected chi connectivity index (χ1v) is 6.69. The summed E-state index contributed by atoms with van der Waals surface area (Å²) in [6.07, 6.45) is -0.456. The van der Waals surface area contributed by atoms with Gasteiger partial charge in [0.2, 0.25) is 0 Å². The van der Waals surface area contributed by atoms with Crippen molar-refractivity contribution >= 4 is 14.8 Å². The minimum atomic E-state index is -2.69. The van der Waals surface area contributed by atoms with Crippen LogP contribution < -0.4 is 0 Å². The van der Waals surface area contributed by atoms with Gasteiger partial charge in [0.25, 0.3) is 0 Å². The fourth-order valence-electron chi connectivity index (χ4n) is 1.21. The lowest BCUT2D eigenvalue weighted by molar-refractivity contribution is -0.144. The largest absolute Gasteiger partial charge is 0.500 e. The van der Waals surface area contributed by atoms with E-state index < -0.39 is 20.9 Å². The van der Waals surface area contributed by atoms with Crippen LogP contribution in [0.4, 0.5) is 0 Å². The zero-order chi connectivity index (χ0) is 12.6. The first-order chi connectivity index (χ1) is 7.53. The number of nitrogens with zero attached hydrogens (tertiary/aromatic N) is 1. The van der Waals surface area contributed by atoms with Crippen LogP contribution in [0.2, 0.25) is 6.04 Å². The fourth-order valence-corrected chi connectivity index (χ4v) is 2.94. The summed E-state index contributed by atoms with van der Waals surface area (Å²) in [4.78, 5) is 10.7. The molecule has 0 N–H and O–H groups in total. The molecule has 6 nitrogen and oxygen atoms in total. The van der Waals surface area contributed by atoms with Crippen molar-refractivity contribution in [3.63, 3.8) is 0 Å². The lowest BCUT2D eigenvalue weighted by atomic mass is 10.3. The number of esters is 1. The average molecular weight is 247 g/mol. The summed E-state index contributed by atoms with van der Waals surface area (Å²) in [7, 11) is 1.79. The standard InChI is InChI=1S/C9H17NO5Si/c1-8(11)15-9(7-10)5-6-16(12-2,13-3)14-4/h9H,5-6H2,1-4H3. The van der Waals surface area contributed by atoms with Crippen LogP contribution in [0.15, 0.2) is 0 Å². The lowest BCUT2D eigenvalue weighted by Crippen LogP contribution is -2.43. The smallest absolute Gasteiger partial charge is 0.447 e. The molecule has 0 spiro atoms. The third kappa shape index (κ3) is 4.72. The fraction of sp³-hybridized carbons (Fsp3) is 0.778. The van der Waals surface area contributed by atoms with Crippen molar-refractivity contribution in [1.29, 1.82) is 5.26 Å². The summed E-state index contributed by atoms with van der Waals surface area (Å²) in [6, 6.07) is 2.31. The van der Waals surface area contributed by atoms with Gasteiger partial charge in [-0.3, -0.25) is 4.79 Å². The predicted octanol–water partition coefficient (Wildman–Crippen LogP) is 0.710. The Labute approximate surface area is 96.4 Å². The maximum atomic E-state index is 10.7. The Hall–Kier alpha value is -0.943. The van der Waals surface area contributed by atoms with Crippen LogP contribution in [0.3, 0.4) is 0 Å². The Morgan fingerprint density at radius 1 is 1.31 bits per heavy atom. The van der Waals surface area contributed by atoms with E-state index in [4.69, 9.17) is 23.3 Å². The van der Waals surface area contributed by atoms with Crippen LogP contribution >= 0.6 is 0 Å². The average Bonchev–Trinajstić information content (AvgIpc) is 2.29. The monoisotopic (exact) mass is 247 g/mol. The predicted molar refractivity (Wildman–Crippen MR) is 57.4 cm³/mol. The minimum absolute atomic E-state index is 0.331. The number of rotatable bonds is 7. The molecule has 92 valence electrons. The van der Waals surface area contributed by atoms with E-state index in [0.717, 1.165) is 0 Å². The second-order valence-electron chi connectivity index (χ2n) is 3.06. The van der Waals surface area contributed by atoms with Crippen molar-refractivity contribution in [3.05, 3.63) is 0 Å². The second kappa shape index (κ2) is 7.35. The van der Waals surface area contributed by atoms with Crippen LogP contribution in [0.5, 0.6) is 0 Å². The third-order valence-corrected chi connectivity index (χ3v) is 4.87. The summed E-state index contributed by atoms with van der Waals surface area (Å²) < 4.78 is 20.3. The molecular weight excluding hydrogens is 230 g/mol. The SMILES string of the molecule is CO[Si](CCC(C#N)OC(C)=O)(OC)OC. The topological polar surface area (TPSA) is 77.8 Å². The van der Waals surface area contributed by atoms with Gasteiger partial charge in [0.15, 0.2) is 6.10 Å². The van der Waals surface area contributed by atoms with Crippen LogP contribution in [0, 0.1) is 11.3 Å². The van der Waals surface area contributed by atoms with Crippen molar-refractivity contribution in [2.45, 2.75) is 25.5 Å². The van der Waals surface area contributed by atoms with E-state index >= 15 is 0 Å². The molecule has 1 unspecified atom stereocenters. The zero-order valence-corrected chi connectivity index (χ0v) is 11.0. The molecule has 0 rings (SSSR count). The Kier molecular flexibility index (Phi) is 6.92. The highest BCUT2D eigenvalue weighted by atomic mass is 28.4. The van der Waals surface area contributed by atoms with Crippen molar-refractivity contribution in [2.75, 3.05) is 21.3 Å². The van der Waals surface area contributed by atoms with Crippen LogP contribution in [-0.2, 0) is 22.8 Å². The van der Waals surface area contributed by atoms with Crippen molar-refractivity contribution in [3.8, 4) is 6.07 Å². The van der Waals surface area contributed by atoms with Gasteiger partial charge in [0.05, 0.1) is 0 Å². The first kappa shape index (κ1) is 15.1. The number of hydrogen-bond donors (Lipinski definition) is 0. The van der Waals surface area contributed by atoms with Gasteiger partial charge in [-0.1, -0.05) is 0 Å². The summed E-state index contributed by atoms with van der Waals surface area (Å²) >= 11 is 0. The first-order valence-electron chi connectivity index (χ1n) is 4.76. The van der Waals surface area contributed by atoms with Crippen LogP contribution in [-0.4, -0.2) is 42.2 Å². The molecular formula is C9H17NO5Si. The molecule has 7 heteroatoms. The summed E-state index contributed by atoms with van der Waals surface area (Å²) in [5.74, 6) is -0.480. The maximum Gasteiger partial charge on any atom is 0.500 e. The summed E-state index contributed by atoms with van der Waals surface area (Å²) in [5.41, 5.74) is 0. The quantitative estimate of drug-likeness (QED) is 0.487. The highest BCUT2D eigenvalue weighted by Gasteiger charge is 2.38. The van der Waals surface area contributed by atoms with E-state index in [1.807, 2.05) is 6.07 Å². The Balaban J connectivity index is 4.28. The molecule has 0 aliphatic heterocycles. The van der Waals surface area contributed by atoms with Crippen LogP contribution in [0.25, 0.3) is 0 Å². The molecule has 0 aliphatic carbocycles. The van der Waals surface area contributed by atoms with E-state index in [1.54, 1.807) is 0 Å². The molecule has 0 saturated carbocycles. The highest BCUT2D eigenvalue weighted by molar-refractivity contribution is 6.60. The van der Waals surface area contributed by atoms with E-state index in [2.05, 4.69) is 0 Å². The molecule has 0 bridgehead atoms. The normalized spacial score (nSPS) is 12.9. The van der Waals surface area contributed by atoms with Gasteiger partial charge in [0.1, 0.15) is 6.07 Å². The number of hydrogen-bond acceptors (Lipinski definition) is 6. The van der Waals surface area contributed by atoms with Gasteiger partial charge in [-0.25, -0.2) is 0 Å². The molecule has 0 aromatic carbocycles. The van der Waals surface area contributed by atoms with Gasteiger partial charge in [-0.2, -0.15) is 5.26 Å².